The van der Waals surface area contributed by atoms with Crippen molar-refractivity contribution >= 4 is 11.4 Å². The van der Waals surface area contributed by atoms with Gasteiger partial charge in [0.1, 0.15) is 5.75 Å². The summed E-state index contributed by atoms with van der Waals surface area (Å²) < 4.78 is 5.39. The van der Waals surface area contributed by atoms with Gasteiger partial charge in [0, 0.05) is 30.5 Å². The van der Waals surface area contributed by atoms with Gasteiger partial charge in [0.05, 0.1) is 7.11 Å². The van der Waals surface area contributed by atoms with Crippen LogP contribution in [0.1, 0.15) is 11.1 Å². The Morgan fingerprint density at radius 1 is 1.16 bits per heavy atom. The van der Waals surface area contributed by atoms with Crippen molar-refractivity contribution in [3.05, 3.63) is 53.6 Å². The van der Waals surface area contributed by atoms with Crippen LogP contribution in [0.15, 0.2) is 42.5 Å². The third-order valence-corrected chi connectivity index (χ3v) is 3.24. The number of methoxy groups -OCH3 is 1. The van der Waals surface area contributed by atoms with E-state index in [1.165, 1.54) is 11.3 Å². The van der Waals surface area contributed by atoms with E-state index in [0.29, 0.717) is 0 Å². The average molecular weight is 256 g/mol. The largest absolute Gasteiger partial charge is 0.496 e. The molecule has 100 valence electrons. The van der Waals surface area contributed by atoms with Crippen molar-refractivity contribution < 1.29 is 4.74 Å². The summed E-state index contributed by atoms with van der Waals surface area (Å²) in [7, 11) is 3.76. The van der Waals surface area contributed by atoms with Crippen molar-refractivity contribution in [2.45, 2.75) is 13.5 Å². The lowest BCUT2D eigenvalue weighted by Crippen LogP contribution is -2.18. The van der Waals surface area contributed by atoms with Crippen LogP contribution in [-0.4, -0.2) is 14.2 Å². The van der Waals surface area contributed by atoms with E-state index in [4.69, 9.17) is 10.5 Å². The van der Waals surface area contributed by atoms with E-state index < -0.39 is 0 Å². The fraction of sp³-hybridized carbons (Fsp3) is 0.250. The van der Waals surface area contributed by atoms with Crippen molar-refractivity contribution in [2.75, 3.05) is 24.8 Å². The van der Waals surface area contributed by atoms with E-state index in [-0.39, 0.29) is 0 Å². The molecule has 2 N–H and O–H groups in total. The number of hydrogen-bond acceptors (Lipinski definition) is 3. The molecule has 0 saturated heterocycles. The normalized spacial score (nSPS) is 10.3. The Morgan fingerprint density at radius 2 is 1.89 bits per heavy atom. The molecule has 0 aliphatic heterocycles. The summed E-state index contributed by atoms with van der Waals surface area (Å²) in [6, 6.07) is 14.1. The average Bonchev–Trinajstić information content (AvgIpc) is 2.39. The lowest BCUT2D eigenvalue weighted by atomic mass is 10.1. The Labute approximate surface area is 114 Å². The van der Waals surface area contributed by atoms with E-state index in [9.17, 15) is 0 Å². The molecule has 2 aromatic carbocycles. The third kappa shape index (κ3) is 2.99. The number of nitrogens with zero attached hydrogens (tertiary/aromatic N) is 1. The van der Waals surface area contributed by atoms with Crippen molar-refractivity contribution in [2.24, 2.45) is 0 Å². The molecule has 0 amide bonds. The summed E-state index contributed by atoms with van der Waals surface area (Å²) in [6.45, 7) is 2.88. The molecular formula is C16H20N2O. The first kappa shape index (κ1) is 13.3. The lowest BCUT2D eigenvalue weighted by molar-refractivity contribution is 0.409. The van der Waals surface area contributed by atoms with Gasteiger partial charge in [-0.1, -0.05) is 18.2 Å². The molecular weight excluding hydrogens is 236 g/mol. The van der Waals surface area contributed by atoms with Crippen LogP contribution in [0.5, 0.6) is 5.75 Å². The van der Waals surface area contributed by atoms with Crippen LogP contribution in [0.2, 0.25) is 0 Å². The summed E-state index contributed by atoms with van der Waals surface area (Å²) in [4.78, 5) is 2.20. The van der Waals surface area contributed by atoms with E-state index in [2.05, 4.69) is 37.1 Å². The van der Waals surface area contributed by atoms with Gasteiger partial charge in [-0.2, -0.15) is 0 Å². The second-order valence-corrected chi connectivity index (χ2v) is 4.71. The Hall–Kier alpha value is -2.16. The second-order valence-electron chi connectivity index (χ2n) is 4.71. The van der Waals surface area contributed by atoms with Gasteiger partial charge in [-0.25, -0.2) is 0 Å². The SMILES string of the molecule is COc1ccc(N)cc1CN(C)c1ccccc1C. The molecule has 0 radical (unpaired) electrons. The van der Waals surface area contributed by atoms with Gasteiger partial charge >= 0.3 is 0 Å². The monoisotopic (exact) mass is 256 g/mol. The zero-order valence-corrected chi connectivity index (χ0v) is 11.7. The first-order chi connectivity index (χ1) is 9.11. The number of ether oxygens (including phenoxy) is 1. The van der Waals surface area contributed by atoms with Crippen LogP contribution in [-0.2, 0) is 6.54 Å². The summed E-state index contributed by atoms with van der Waals surface area (Å²) >= 11 is 0. The number of benzene rings is 2. The standard InChI is InChI=1S/C16H20N2O/c1-12-6-4-5-7-15(12)18(2)11-13-10-14(17)8-9-16(13)19-3/h4-10H,11,17H2,1-3H3. The molecule has 0 fully saturated rings. The fourth-order valence-corrected chi connectivity index (χ4v) is 2.25. The molecule has 2 aromatic rings. The molecule has 0 aromatic heterocycles. The number of rotatable bonds is 4. The van der Waals surface area contributed by atoms with Gasteiger partial charge in [0.15, 0.2) is 0 Å². The van der Waals surface area contributed by atoms with Gasteiger partial charge in [-0.05, 0) is 36.8 Å². The zero-order chi connectivity index (χ0) is 13.8. The maximum absolute atomic E-state index is 5.85. The first-order valence-electron chi connectivity index (χ1n) is 6.31. The highest BCUT2D eigenvalue weighted by Gasteiger charge is 2.09. The van der Waals surface area contributed by atoms with Gasteiger partial charge < -0.3 is 15.4 Å². The Morgan fingerprint density at radius 3 is 2.58 bits per heavy atom. The third-order valence-electron chi connectivity index (χ3n) is 3.24. The van der Waals surface area contributed by atoms with Gasteiger partial charge in [0.2, 0.25) is 0 Å². The van der Waals surface area contributed by atoms with Gasteiger partial charge in [-0.15, -0.1) is 0 Å². The molecule has 0 heterocycles. The summed E-state index contributed by atoms with van der Waals surface area (Å²) in [5.74, 6) is 0.870. The Kier molecular flexibility index (Phi) is 3.95. The highest BCUT2D eigenvalue weighted by atomic mass is 16.5. The molecule has 0 bridgehead atoms. The number of nitrogen functional groups attached to an aromatic ring is 1. The molecule has 0 unspecified atom stereocenters. The molecule has 0 atom stereocenters. The molecule has 0 saturated carbocycles. The maximum Gasteiger partial charge on any atom is 0.123 e. The molecule has 0 aliphatic carbocycles. The first-order valence-corrected chi connectivity index (χ1v) is 6.31. The summed E-state index contributed by atoms with van der Waals surface area (Å²) in [6.07, 6.45) is 0. The van der Waals surface area contributed by atoms with Crippen molar-refractivity contribution in [1.29, 1.82) is 0 Å². The lowest BCUT2D eigenvalue weighted by Gasteiger charge is -2.22. The van der Waals surface area contributed by atoms with Crippen LogP contribution in [0.25, 0.3) is 0 Å². The van der Waals surface area contributed by atoms with Crippen molar-refractivity contribution in [3.8, 4) is 5.75 Å². The molecule has 0 spiro atoms. The predicted molar refractivity (Wildman–Crippen MR) is 80.7 cm³/mol. The summed E-state index contributed by atoms with van der Waals surface area (Å²) in [5.41, 5.74) is 10.2. The number of hydrogen-bond donors (Lipinski definition) is 1. The molecule has 3 heteroatoms. The highest BCUT2D eigenvalue weighted by Crippen LogP contribution is 2.25. The van der Waals surface area contributed by atoms with E-state index in [0.717, 1.165) is 23.5 Å². The van der Waals surface area contributed by atoms with Gasteiger partial charge in [-0.3, -0.25) is 0 Å². The maximum atomic E-state index is 5.85. The number of aryl methyl sites for hydroxylation is 1. The zero-order valence-electron chi connectivity index (χ0n) is 11.7. The van der Waals surface area contributed by atoms with Crippen molar-refractivity contribution in [3.63, 3.8) is 0 Å². The molecule has 19 heavy (non-hydrogen) atoms. The minimum atomic E-state index is 0.758. The van der Waals surface area contributed by atoms with Crippen LogP contribution in [0.4, 0.5) is 11.4 Å². The highest BCUT2D eigenvalue weighted by molar-refractivity contribution is 5.55. The topological polar surface area (TPSA) is 38.5 Å². The second kappa shape index (κ2) is 5.65. The van der Waals surface area contributed by atoms with E-state index in [1.54, 1.807) is 7.11 Å². The van der Waals surface area contributed by atoms with Crippen LogP contribution in [0, 0.1) is 6.92 Å². The minimum absolute atomic E-state index is 0.758. The van der Waals surface area contributed by atoms with Crippen molar-refractivity contribution in [1.82, 2.24) is 0 Å². The van der Waals surface area contributed by atoms with Crippen LogP contribution >= 0.6 is 0 Å². The van der Waals surface area contributed by atoms with Gasteiger partial charge in [0.25, 0.3) is 0 Å². The van der Waals surface area contributed by atoms with E-state index in [1.807, 2.05) is 24.3 Å². The molecule has 3 nitrogen and oxygen atoms in total. The fourth-order valence-electron chi connectivity index (χ4n) is 2.25. The quantitative estimate of drug-likeness (QED) is 0.854. The Bertz CT molecular complexity index is 566. The molecule has 2 rings (SSSR count). The van der Waals surface area contributed by atoms with E-state index >= 15 is 0 Å². The summed E-state index contributed by atoms with van der Waals surface area (Å²) in [5, 5.41) is 0. The smallest absolute Gasteiger partial charge is 0.123 e. The predicted octanol–water partition coefficient (Wildman–Crippen LogP) is 3.22. The molecule has 0 aliphatic rings. The number of para-hydroxylation sites is 1. The number of anilines is 2. The van der Waals surface area contributed by atoms with Crippen LogP contribution in [0.3, 0.4) is 0 Å². The number of nitrogens with two attached hydrogens (primary N) is 1. The van der Waals surface area contributed by atoms with Crippen LogP contribution < -0.4 is 15.4 Å². The minimum Gasteiger partial charge on any atom is -0.496 e. The Balaban J connectivity index is 2.26.